The van der Waals surface area contributed by atoms with Crippen LogP contribution in [0.1, 0.15) is 19.4 Å². The predicted octanol–water partition coefficient (Wildman–Crippen LogP) is 4.39. The minimum atomic E-state index is -4.40. The third kappa shape index (κ3) is 5.76. The van der Waals surface area contributed by atoms with Crippen LogP contribution in [0.3, 0.4) is 0 Å². The maximum absolute atomic E-state index is 12.8. The quantitative estimate of drug-likeness (QED) is 0.752. The van der Waals surface area contributed by atoms with Crippen LogP contribution < -0.4 is 9.64 Å². The van der Waals surface area contributed by atoms with E-state index in [2.05, 4.69) is 4.99 Å². The summed E-state index contributed by atoms with van der Waals surface area (Å²) in [5.74, 6) is 0.259. The molecule has 0 saturated carbocycles. The van der Waals surface area contributed by atoms with Crippen molar-refractivity contribution in [2.75, 3.05) is 24.6 Å². The second-order valence-corrected chi connectivity index (χ2v) is 8.43. The van der Waals surface area contributed by atoms with E-state index in [0.717, 1.165) is 23.9 Å². The second kappa shape index (κ2) is 8.69. The number of alkyl halides is 3. The van der Waals surface area contributed by atoms with Gasteiger partial charge in [0.05, 0.1) is 17.7 Å². The monoisotopic (exact) mass is 438 g/mol. The largest absolute Gasteiger partial charge is 0.491 e. The van der Waals surface area contributed by atoms with E-state index in [9.17, 15) is 23.1 Å². The average molecular weight is 438 g/mol. The smallest absolute Gasteiger partial charge is 0.416 e. The molecule has 0 aliphatic carbocycles. The molecule has 2 aromatic carbocycles. The Kier molecular flexibility index (Phi) is 6.42. The number of ether oxygens (including phenoxy) is 1. The minimum Gasteiger partial charge on any atom is -0.491 e. The van der Waals surface area contributed by atoms with Crippen LogP contribution in [0.2, 0.25) is 0 Å². The summed E-state index contributed by atoms with van der Waals surface area (Å²) < 4.78 is 43.6. The molecule has 3 rings (SSSR count). The Balaban J connectivity index is 1.67. The van der Waals surface area contributed by atoms with Gasteiger partial charge >= 0.3 is 6.18 Å². The van der Waals surface area contributed by atoms with Crippen molar-refractivity contribution in [3.63, 3.8) is 0 Å². The van der Waals surface area contributed by atoms with Gasteiger partial charge in [-0.1, -0.05) is 11.8 Å². The number of benzene rings is 2. The van der Waals surface area contributed by atoms with Crippen LogP contribution in [0.5, 0.6) is 5.75 Å². The van der Waals surface area contributed by atoms with E-state index in [-0.39, 0.29) is 17.6 Å². The third-order valence-corrected chi connectivity index (χ3v) is 5.15. The SMILES string of the molecule is CC(C)(O)COc1ccc(N2CCN=C(Sc3ccc(C(F)(F)F)cc3)C2=O)cc1. The minimum absolute atomic E-state index is 0.134. The van der Waals surface area contributed by atoms with E-state index >= 15 is 0 Å². The maximum Gasteiger partial charge on any atom is 0.416 e. The van der Waals surface area contributed by atoms with Crippen molar-refractivity contribution >= 4 is 28.4 Å². The zero-order chi connectivity index (χ0) is 21.9. The summed E-state index contributed by atoms with van der Waals surface area (Å²) in [4.78, 5) is 19.1. The average Bonchev–Trinajstić information content (AvgIpc) is 2.68. The van der Waals surface area contributed by atoms with Gasteiger partial charge in [-0.2, -0.15) is 13.2 Å². The summed E-state index contributed by atoms with van der Waals surface area (Å²) >= 11 is 1.04. The van der Waals surface area contributed by atoms with Crippen LogP contribution >= 0.6 is 11.8 Å². The van der Waals surface area contributed by atoms with E-state index in [1.807, 2.05) is 0 Å². The lowest BCUT2D eigenvalue weighted by Gasteiger charge is -2.26. The first-order valence-electron chi connectivity index (χ1n) is 9.20. The van der Waals surface area contributed by atoms with Crippen LogP contribution in [0.15, 0.2) is 58.4 Å². The first-order chi connectivity index (χ1) is 14.0. The molecule has 1 N–H and O–H groups in total. The number of hydrogen-bond donors (Lipinski definition) is 1. The Morgan fingerprint density at radius 3 is 2.30 bits per heavy atom. The highest BCUT2D eigenvalue weighted by Crippen LogP contribution is 2.32. The zero-order valence-electron chi connectivity index (χ0n) is 16.4. The number of anilines is 1. The highest BCUT2D eigenvalue weighted by Gasteiger charge is 2.30. The molecule has 0 atom stereocenters. The Morgan fingerprint density at radius 2 is 1.73 bits per heavy atom. The Morgan fingerprint density at radius 1 is 1.10 bits per heavy atom. The second-order valence-electron chi connectivity index (χ2n) is 7.36. The lowest BCUT2D eigenvalue weighted by atomic mass is 10.2. The zero-order valence-corrected chi connectivity index (χ0v) is 17.3. The molecule has 0 bridgehead atoms. The molecule has 0 aromatic heterocycles. The van der Waals surface area contributed by atoms with Gasteiger partial charge in [0.15, 0.2) is 5.04 Å². The van der Waals surface area contributed by atoms with Crippen LogP contribution in [0, 0.1) is 0 Å². The van der Waals surface area contributed by atoms with E-state index in [4.69, 9.17) is 4.74 Å². The highest BCUT2D eigenvalue weighted by atomic mass is 32.2. The van der Waals surface area contributed by atoms with Crippen molar-refractivity contribution in [2.24, 2.45) is 4.99 Å². The lowest BCUT2D eigenvalue weighted by Crippen LogP contribution is -2.41. The lowest BCUT2D eigenvalue weighted by molar-refractivity contribution is -0.137. The fourth-order valence-electron chi connectivity index (χ4n) is 2.66. The number of halogens is 3. The highest BCUT2D eigenvalue weighted by molar-refractivity contribution is 8.15. The van der Waals surface area contributed by atoms with Gasteiger partial charge in [-0.15, -0.1) is 0 Å². The molecule has 0 fully saturated rings. The van der Waals surface area contributed by atoms with Gasteiger partial charge in [-0.05, 0) is 62.4 Å². The van der Waals surface area contributed by atoms with Crippen molar-refractivity contribution in [3.05, 3.63) is 54.1 Å². The molecule has 9 heteroatoms. The number of aliphatic hydroxyl groups is 1. The molecule has 5 nitrogen and oxygen atoms in total. The first-order valence-corrected chi connectivity index (χ1v) is 10.0. The summed E-state index contributed by atoms with van der Waals surface area (Å²) in [6.45, 7) is 4.22. The Labute approximate surface area is 176 Å². The summed E-state index contributed by atoms with van der Waals surface area (Å²) in [5.41, 5.74) is -1.03. The van der Waals surface area contributed by atoms with Gasteiger partial charge in [0.2, 0.25) is 0 Å². The van der Waals surface area contributed by atoms with Crippen LogP contribution in [0.4, 0.5) is 18.9 Å². The van der Waals surface area contributed by atoms with Crippen LogP contribution in [-0.4, -0.2) is 41.4 Å². The topological polar surface area (TPSA) is 62.1 Å². The molecule has 160 valence electrons. The molecule has 0 unspecified atom stereocenters. The van der Waals surface area contributed by atoms with Gasteiger partial charge < -0.3 is 14.7 Å². The first kappa shape index (κ1) is 22.2. The summed E-state index contributed by atoms with van der Waals surface area (Å²) in [6.07, 6.45) is -4.40. The molecule has 2 aromatic rings. The summed E-state index contributed by atoms with van der Waals surface area (Å²) in [6, 6.07) is 11.5. The van der Waals surface area contributed by atoms with Gasteiger partial charge in [0.25, 0.3) is 5.91 Å². The van der Waals surface area contributed by atoms with Crippen LogP contribution in [-0.2, 0) is 11.0 Å². The van der Waals surface area contributed by atoms with Crippen molar-refractivity contribution < 1.29 is 27.8 Å². The molecule has 30 heavy (non-hydrogen) atoms. The third-order valence-electron chi connectivity index (χ3n) is 4.14. The van der Waals surface area contributed by atoms with E-state index in [1.165, 1.54) is 12.1 Å². The molecular weight excluding hydrogens is 417 g/mol. The Bertz CT molecular complexity index is 920. The van der Waals surface area contributed by atoms with Gasteiger partial charge in [-0.25, -0.2) is 0 Å². The molecule has 1 amide bonds. The van der Waals surface area contributed by atoms with E-state index in [0.29, 0.717) is 29.4 Å². The standard InChI is InChI=1S/C21H21F3N2O3S/c1-20(2,28)13-29-16-7-5-15(6-8-16)26-12-11-25-18(19(26)27)30-17-9-3-14(4-10-17)21(22,23)24/h3-10,28H,11-13H2,1-2H3. The number of carbonyl (C=O) groups excluding carboxylic acids is 1. The maximum atomic E-state index is 12.8. The molecule has 0 radical (unpaired) electrons. The van der Waals surface area contributed by atoms with Crippen LogP contribution in [0.25, 0.3) is 0 Å². The number of amides is 1. The number of rotatable bonds is 5. The van der Waals surface area contributed by atoms with Gasteiger partial charge in [-0.3, -0.25) is 9.79 Å². The van der Waals surface area contributed by atoms with Crippen molar-refractivity contribution in [3.8, 4) is 5.75 Å². The fraction of sp³-hybridized carbons (Fsp3) is 0.333. The number of nitrogens with zero attached hydrogens (tertiary/aromatic N) is 2. The van der Waals surface area contributed by atoms with E-state index < -0.39 is 17.3 Å². The van der Waals surface area contributed by atoms with Gasteiger partial charge in [0.1, 0.15) is 12.4 Å². The molecule has 1 aliphatic rings. The predicted molar refractivity (Wildman–Crippen MR) is 110 cm³/mol. The molecule has 1 heterocycles. The number of aliphatic imine (C=N–C) groups is 1. The molecule has 1 aliphatic heterocycles. The van der Waals surface area contributed by atoms with Gasteiger partial charge in [0, 0.05) is 17.1 Å². The number of thioether (sulfide) groups is 1. The molecule has 0 spiro atoms. The Hall–Kier alpha value is -2.52. The van der Waals surface area contributed by atoms with Crippen molar-refractivity contribution in [1.29, 1.82) is 0 Å². The van der Waals surface area contributed by atoms with E-state index in [1.54, 1.807) is 43.0 Å². The number of carbonyl (C=O) groups is 1. The summed E-state index contributed by atoms with van der Waals surface area (Å²) in [5, 5.41) is 9.95. The normalized spacial score (nSPS) is 15.2. The molecular formula is C21H21F3N2O3S. The van der Waals surface area contributed by atoms with Crippen molar-refractivity contribution in [2.45, 2.75) is 30.5 Å². The molecule has 0 saturated heterocycles. The summed E-state index contributed by atoms with van der Waals surface area (Å²) in [7, 11) is 0. The fourth-order valence-corrected chi connectivity index (χ4v) is 3.51. The van der Waals surface area contributed by atoms with Crippen molar-refractivity contribution in [1.82, 2.24) is 0 Å². The number of hydrogen-bond acceptors (Lipinski definition) is 5.